The number of fused-ring (bicyclic) bond motifs is 1. The standard InChI is InChI=1S/C24H24ClN5O4S2/c1-3-34-19-7-4-8-20-22(19)27-24(35-20)30-21(14-15(2)28-30)26-23(31)18-6-5-13-29(18)36(32,33)17-11-9-16(25)10-12-17/h4,7-12,14,18H,3,5-6,13H2,1-2H3,(H,26,31). The van der Waals surface area contributed by atoms with E-state index in [9.17, 15) is 13.2 Å². The maximum Gasteiger partial charge on any atom is 0.243 e. The SMILES string of the molecule is CCOc1cccc2sc(-n3nc(C)cc3NC(=O)C3CCCN3S(=O)(=O)c3ccc(Cl)cc3)nc12. The Morgan fingerprint density at radius 1 is 1.25 bits per heavy atom. The van der Waals surface area contributed by atoms with Crippen molar-refractivity contribution in [3.05, 3.63) is 59.2 Å². The van der Waals surface area contributed by atoms with E-state index >= 15 is 0 Å². The van der Waals surface area contributed by atoms with Crippen molar-refractivity contribution in [2.75, 3.05) is 18.5 Å². The highest BCUT2D eigenvalue weighted by atomic mass is 35.5. The highest BCUT2D eigenvalue weighted by Crippen LogP contribution is 2.33. The summed E-state index contributed by atoms with van der Waals surface area (Å²) in [5.74, 6) is 0.688. The van der Waals surface area contributed by atoms with Gasteiger partial charge in [-0.15, -0.1) is 0 Å². The second kappa shape index (κ2) is 9.81. The highest BCUT2D eigenvalue weighted by molar-refractivity contribution is 7.89. The smallest absolute Gasteiger partial charge is 0.243 e. The highest BCUT2D eigenvalue weighted by Gasteiger charge is 2.39. The van der Waals surface area contributed by atoms with Crippen molar-refractivity contribution in [2.45, 2.75) is 37.6 Å². The summed E-state index contributed by atoms with van der Waals surface area (Å²) in [7, 11) is -3.86. The molecule has 3 heterocycles. The molecule has 9 nitrogen and oxygen atoms in total. The first-order chi connectivity index (χ1) is 17.3. The molecule has 1 unspecified atom stereocenters. The molecule has 4 aromatic rings. The number of ether oxygens (including phenoxy) is 1. The van der Waals surface area contributed by atoms with Crippen molar-refractivity contribution in [3.8, 4) is 10.9 Å². The van der Waals surface area contributed by atoms with E-state index in [-0.39, 0.29) is 11.4 Å². The molecule has 0 bridgehead atoms. The van der Waals surface area contributed by atoms with Gasteiger partial charge in [-0.3, -0.25) is 4.79 Å². The van der Waals surface area contributed by atoms with Gasteiger partial charge in [0, 0.05) is 17.6 Å². The van der Waals surface area contributed by atoms with Gasteiger partial charge < -0.3 is 10.1 Å². The molecule has 188 valence electrons. The summed E-state index contributed by atoms with van der Waals surface area (Å²) in [4.78, 5) is 18.2. The predicted molar refractivity (Wildman–Crippen MR) is 140 cm³/mol. The normalized spacial score (nSPS) is 16.5. The van der Waals surface area contributed by atoms with E-state index in [0.717, 1.165) is 10.2 Å². The van der Waals surface area contributed by atoms with Gasteiger partial charge in [0.1, 0.15) is 23.1 Å². The number of halogens is 1. The number of hydrogen-bond donors (Lipinski definition) is 1. The Morgan fingerprint density at radius 3 is 2.78 bits per heavy atom. The largest absolute Gasteiger partial charge is 0.492 e. The molecule has 36 heavy (non-hydrogen) atoms. The molecule has 1 amide bonds. The van der Waals surface area contributed by atoms with Crippen LogP contribution in [-0.4, -0.2) is 52.6 Å². The van der Waals surface area contributed by atoms with Crippen molar-refractivity contribution in [2.24, 2.45) is 0 Å². The third-order valence-corrected chi connectivity index (χ3v) is 9.03. The molecule has 1 N–H and O–H groups in total. The minimum atomic E-state index is -3.86. The van der Waals surface area contributed by atoms with Gasteiger partial charge in [-0.2, -0.15) is 14.1 Å². The molecule has 0 radical (unpaired) electrons. The maximum atomic E-state index is 13.3. The molecule has 12 heteroatoms. The molecule has 1 saturated heterocycles. The maximum absolute atomic E-state index is 13.3. The number of amides is 1. The van der Waals surface area contributed by atoms with Crippen LogP contribution in [0.3, 0.4) is 0 Å². The third kappa shape index (κ3) is 4.59. The number of carbonyl (C=O) groups excluding carboxylic acids is 1. The molecular weight excluding hydrogens is 522 g/mol. The first kappa shape index (κ1) is 24.7. The number of anilines is 1. The number of thiazole rings is 1. The molecule has 0 saturated carbocycles. The lowest BCUT2D eigenvalue weighted by molar-refractivity contribution is -0.119. The number of nitrogens with one attached hydrogen (secondary N) is 1. The molecular formula is C24H24ClN5O4S2. The van der Waals surface area contributed by atoms with Crippen LogP contribution in [0, 0.1) is 6.92 Å². The topological polar surface area (TPSA) is 106 Å². The van der Waals surface area contributed by atoms with Gasteiger partial charge in [-0.25, -0.2) is 13.4 Å². The molecule has 2 aromatic carbocycles. The fourth-order valence-electron chi connectivity index (χ4n) is 4.25. The summed E-state index contributed by atoms with van der Waals surface area (Å²) in [6, 6.07) is 12.6. The fourth-order valence-corrected chi connectivity index (χ4v) is 6.98. The molecule has 5 rings (SSSR count). The van der Waals surface area contributed by atoms with E-state index in [1.807, 2.05) is 32.0 Å². The summed E-state index contributed by atoms with van der Waals surface area (Å²) < 4.78 is 36.0. The van der Waals surface area contributed by atoms with Crippen LogP contribution < -0.4 is 10.1 Å². The fraction of sp³-hybridized carbons (Fsp3) is 0.292. The quantitative estimate of drug-likeness (QED) is 0.363. The van der Waals surface area contributed by atoms with Crippen molar-refractivity contribution < 1.29 is 17.9 Å². The summed E-state index contributed by atoms with van der Waals surface area (Å²) in [5, 5.41) is 8.42. The number of rotatable bonds is 7. The minimum absolute atomic E-state index is 0.104. The van der Waals surface area contributed by atoms with E-state index in [2.05, 4.69) is 10.4 Å². The van der Waals surface area contributed by atoms with Crippen molar-refractivity contribution in [3.63, 3.8) is 0 Å². The number of carbonyl (C=O) groups is 1. The van der Waals surface area contributed by atoms with Crippen LogP contribution in [0.1, 0.15) is 25.5 Å². The monoisotopic (exact) mass is 545 g/mol. The molecule has 1 fully saturated rings. The van der Waals surface area contributed by atoms with Gasteiger partial charge in [0.15, 0.2) is 0 Å². The van der Waals surface area contributed by atoms with Crippen LogP contribution in [0.25, 0.3) is 15.3 Å². The van der Waals surface area contributed by atoms with Gasteiger partial charge in [0.25, 0.3) is 0 Å². The molecule has 0 aliphatic carbocycles. The molecule has 1 aliphatic rings. The van der Waals surface area contributed by atoms with Crippen LogP contribution in [0.4, 0.5) is 5.82 Å². The lowest BCUT2D eigenvalue weighted by Crippen LogP contribution is -2.43. The van der Waals surface area contributed by atoms with Gasteiger partial charge >= 0.3 is 0 Å². The number of benzene rings is 2. The van der Waals surface area contributed by atoms with Crippen molar-refractivity contribution >= 4 is 54.9 Å². The van der Waals surface area contributed by atoms with E-state index in [0.29, 0.717) is 46.9 Å². The second-order valence-electron chi connectivity index (χ2n) is 8.33. The zero-order valence-corrected chi connectivity index (χ0v) is 22.0. The first-order valence-electron chi connectivity index (χ1n) is 11.5. The number of sulfonamides is 1. The Hall–Kier alpha value is -2.99. The van der Waals surface area contributed by atoms with E-state index in [1.54, 1.807) is 10.7 Å². The molecule has 2 aromatic heterocycles. The number of para-hydroxylation sites is 1. The number of aromatic nitrogens is 3. The number of aryl methyl sites for hydroxylation is 1. The average molecular weight is 546 g/mol. The zero-order valence-electron chi connectivity index (χ0n) is 19.6. The van der Waals surface area contributed by atoms with Gasteiger partial charge in [-0.05, 0) is 63.1 Å². The second-order valence-corrected chi connectivity index (χ2v) is 11.7. The van der Waals surface area contributed by atoms with Crippen LogP contribution in [0.15, 0.2) is 53.4 Å². The van der Waals surface area contributed by atoms with Gasteiger partial charge in [-0.1, -0.05) is 29.0 Å². The van der Waals surface area contributed by atoms with Gasteiger partial charge in [0.2, 0.25) is 21.1 Å². The first-order valence-corrected chi connectivity index (χ1v) is 14.1. The predicted octanol–water partition coefficient (Wildman–Crippen LogP) is 4.63. The van der Waals surface area contributed by atoms with E-state index in [4.69, 9.17) is 21.3 Å². The summed E-state index contributed by atoms with van der Waals surface area (Å²) in [5.41, 5.74) is 1.41. The van der Waals surface area contributed by atoms with Crippen LogP contribution in [0.5, 0.6) is 5.75 Å². The lowest BCUT2D eigenvalue weighted by atomic mass is 10.2. The van der Waals surface area contributed by atoms with Crippen molar-refractivity contribution in [1.82, 2.24) is 19.1 Å². The molecule has 1 aliphatic heterocycles. The zero-order chi connectivity index (χ0) is 25.4. The van der Waals surface area contributed by atoms with Crippen LogP contribution in [0.2, 0.25) is 5.02 Å². The van der Waals surface area contributed by atoms with Gasteiger partial charge in [0.05, 0.1) is 21.9 Å². The molecule has 0 spiro atoms. The Bertz CT molecular complexity index is 1530. The molecule has 1 atom stereocenters. The summed E-state index contributed by atoms with van der Waals surface area (Å²) >= 11 is 7.34. The van der Waals surface area contributed by atoms with Crippen molar-refractivity contribution in [1.29, 1.82) is 0 Å². The Balaban J connectivity index is 1.43. The summed E-state index contributed by atoms with van der Waals surface area (Å²) in [6.45, 7) is 4.51. The van der Waals surface area contributed by atoms with Crippen LogP contribution >= 0.6 is 22.9 Å². The number of nitrogens with zero attached hydrogens (tertiary/aromatic N) is 4. The average Bonchev–Trinajstić information content (AvgIpc) is 3.58. The minimum Gasteiger partial charge on any atom is -0.492 e. The number of hydrogen-bond acceptors (Lipinski definition) is 7. The van der Waals surface area contributed by atoms with E-state index in [1.165, 1.54) is 39.9 Å². The Labute approximate surface area is 217 Å². The Morgan fingerprint density at radius 2 is 2.03 bits per heavy atom. The van der Waals surface area contributed by atoms with Crippen LogP contribution in [-0.2, 0) is 14.8 Å². The van der Waals surface area contributed by atoms with E-state index < -0.39 is 22.0 Å². The third-order valence-electron chi connectivity index (χ3n) is 5.86. The Kier molecular flexibility index (Phi) is 6.73. The lowest BCUT2D eigenvalue weighted by Gasteiger charge is -2.23. The summed E-state index contributed by atoms with van der Waals surface area (Å²) in [6.07, 6.45) is 1.01.